The monoisotopic (exact) mass is 351 g/mol. The minimum Gasteiger partial charge on any atom is -0.487 e. The number of pyridine rings is 1. The molecule has 1 aromatic heterocycles. The Morgan fingerprint density at radius 3 is 2.54 bits per heavy atom. The van der Waals surface area contributed by atoms with Crippen LogP contribution in [-0.2, 0) is 4.79 Å². The van der Waals surface area contributed by atoms with Gasteiger partial charge in [0.15, 0.2) is 0 Å². The first-order valence-corrected chi connectivity index (χ1v) is 9.37. The molecule has 1 aromatic carbocycles. The summed E-state index contributed by atoms with van der Waals surface area (Å²) in [5.74, 6) is 1.04. The molecule has 26 heavy (non-hydrogen) atoms. The highest BCUT2D eigenvalue weighted by atomic mass is 16.5. The number of aromatic nitrogens is 1. The van der Waals surface area contributed by atoms with Gasteiger partial charge in [0.25, 0.3) is 0 Å². The molecule has 0 unspecified atom stereocenters. The zero-order chi connectivity index (χ0) is 17.9. The molecule has 5 nitrogen and oxygen atoms in total. The van der Waals surface area contributed by atoms with Gasteiger partial charge in [-0.15, -0.1) is 0 Å². The van der Waals surface area contributed by atoms with Crippen molar-refractivity contribution in [3.8, 4) is 5.75 Å². The smallest absolute Gasteiger partial charge is 0.244 e. The molecule has 4 rings (SSSR count). The second-order valence-electron chi connectivity index (χ2n) is 7.23. The molecule has 1 atom stereocenters. The number of carbonyl (C=O) groups is 1. The zero-order valence-corrected chi connectivity index (χ0v) is 15.2. The molecule has 0 spiro atoms. The van der Waals surface area contributed by atoms with E-state index in [1.165, 1.54) is 5.56 Å². The van der Waals surface area contributed by atoms with Crippen LogP contribution < -0.4 is 4.74 Å². The molecule has 2 fully saturated rings. The minimum atomic E-state index is -0.216. The van der Waals surface area contributed by atoms with E-state index in [2.05, 4.69) is 16.8 Å². The van der Waals surface area contributed by atoms with E-state index in [1.807, 2.05) is 47.5 Å². The normalized spacial score (nSPS) is 19.2. The topological polar surface area (TPSA) is 45.7 Å². The molecule has 0 aliphatic carbocycles. The van der Waals surface area contributed by atoms with Crippen LogP contribution in [-0.4, -0.2) is 53.0 Å². The maximum atomic E-state index is 13.2. The molecule has 5 heteroatoms. The average Bonchev–Trinajstić information content (AvgIpc) is 3.14. The Balaban J connectivity index is 1.40. The van der Waals surface area contributed by atoms with E-state index in [9.17, 15) is 4.79 Å². The lowest BCUT2D eigenvalue weighted by Gasteiger charge is -2.42. The fraction of sp³-hybridized carbons (Fsp3) is 0.429. The number of amides is 1. The third-order valence-electron chi connectivity index (χ3n) is 5.22. The number of rotatable bonds is 5. The second kappa shape index (κ2) is 7.46. The van der Waals surface area contributed by atoms with Crippen LogP contribution in [0.25, 0.3) is 0 Å². The van der Waals surface area contributed by atoms with Crippen molar-refractivity contribution < 1.29 is 9.53 Å². The summed E-state index contributed by atoms with van der Waals surface area (Å²) in [4.78, 5) is 21.6. The first-order valence-electron chi connectivity index (χ1n) is 9.37. The summed E-state index contributed by atoms with van der Waals surface area (Å²) in [6.45, 7) is 5.31. The van der Waals surface area contributed by atoms with Gasteiger partial charge in [-0.25, -0.2) is 0 Å². The Morgan fingerprint density at radius 2 is 1.88 bits per heavy atom. The molecular formula is C21H25N3O2. The third kappa shape index (κ3) is 3.58. The number of aryl methyl sites for hydroxylation is 1. The predicted octanol–water partition coefficient (Wildman–Crippen LogP) is 2.82. The van der Waals surface area contributed by atoms with Gasteiger partial charge in [0.2, 0.25) is 5.91 Å². The van der Waals surface area contributed by atoms with Crippen molar-refractivity contribution in [2.24, 2.45) is 0 Å². The molecule has 2 aromatic rings. The van der Waals surface area contributed by atoms with Crippen molar-refractivity contribution in [2.75, 3.05) is 26.2 Å². The van der Waals surface area contributed by atoms with Gasteiger partial charge in [0.1, 0.15) is 17.9 Å². The number of ether oxygens (including phenoxy) is 1. The summed E-state index contributed by atoms with van der Waals surface area (Å²) in [7, 11) is 0. The second-order valence-corrected chi connectivity index (χ2v) is 7.23. The third-order valence-corrected chi connectivity index (χ3v) is 5.22. The Labute approximate surface area is 154 Å². The SMILES string of the molecule is Cc1ccc(OC2CN(C(=O)[C@H](c3cccnc3)N3CCCC3)C2)cc1. The highest BCUT2D eigenvalue weighted by Gasteiger charge is 2.39. The molecule has 0 saturated carbocycles. The van der Waals surface area contributed by atoms with Gasteiger partial charge in [-0.1, -0.05) is 23.8 Å². The first-order chi connectivity index (χ1) is 12.7. The number of carbonyl (C=O) groups excluding carboxylic acids is 1. The van der Waals surface area contributed by atoms with Gasteiger partial charge < -0.3 is 9.64 Å². The van der Waals surface area contributed by atoms with E-state index >= 15 is 0 Å². The fourth-order valence-electron chi connectivity index (χ4n) is 3.72. The van der Waals surface area contributed by atoms with Crippen LogP contribution in [0.4, 0.5) is 0 Å². The van der Waals surface area contributed by atoms with Crippen molar-refractivity contribution in [1.29, 1.82) is 0 Å². The molecule has 2 aliphatic rings. The number of hydrogen-bond donors (Lipinski definition) is 0. The highest BCUT2D eigenvalue weighted by Crippen LogP contribution is 2.29. The largest absolute Gasteiger partial charge is 0.487 e. The number of benzene rings is 1. The van der Waals surface area contributed by atoms with E-state index in [1.54, 1.807) is 6.20 Å². The molecule has 2 saturated heterocycles. The lowest BCUT2D eigenvalue weighted by Crippen LogP contribution is -2.58. The lowest BCUT2D eigenvalue weighted by molar-refractivity contribution is -0.146. The quantitative estimate of drug-likeness (QED) is 0.831. The molecule has 2 aliphatic heterocycles. The summed E-state index contributed by atoms with van der Waals surface area (Å²) < 4.78 is 5.98. The van der Waals surface area contributed by atoms with Crippen molar-refractivity contribution in [2.45, 2.75) is 31.9 Å². The number of likely N-dealkylation sites (tertiary alicyclic amines) is 2. The van der Waals surface area contributed by atoms with Gasteiger partial charge in [-0.2, -0.15) is 0 Å². The van der Waals surface area contributed by atoms with Gasteiger partial charge in [-0.05, 0) is 56.6 Å². The molecule has 0 radical (unpaired) electrons. The van der Waals surface area contributed by atoms with Crippen LogP contribution in [0.5, 0.6) is 5.75 Å². The van der Waals surface area contributed by atoms with Crippen LogP contribution >= 0.6 is 0 Å². The Hall–Kier alpha value is -2.40. The predicted molar refractivity (Wildman–Crippen MR) is 100.0 cm³/mol. The van der Waals surface area contributed by atoms with E-state index in [4.69, 9.17) is 4.74 Å². The summed E-state index contributed by atoms with van der Waals surface area (Å²) in [6.07, 6.45) is 5.96. The van der Waals surface area contributed by atoms with E-state index in [-0.39, 0.29) is 18.1 Å². The Kier molecular flexibility index (Phi) is 4.89. The zero-order valence-electron chi connectivity index (χ0n) is 15.2. The summed E-state index contributed by atoms with van der Waals surface area (Å²) in [5, 5.41) is 0. The fourth-order valence-corrected chi connectivity index (χ4v) is 3.72. The van der Waals surface area contributed by atoms with Crippen LogP contribution in [0.15, 0.2) is 48.8 Å². The number of hydrogen-bond acceptors (Lipinski definition) is 4. The molecule has 3 heterocycles. The molecule has 0 N–H and O–H groups in total. The molecule has 1 amide bonds. The van der Waals surface area contributed by atoms with Crippen molar-refractivity contribution >= 4 is 5.91 Å². The van der Waals surface area contributed by atoms with E-state index < -0.39 is 0 Å². The summed E-state index contributed by atoms with van der Waals surface area (Å²) in [6, 6.07) is 11.8. The maximum Gasteiger partial charge on any atom is 0.244 e. The van der Waals surface area contributed by atoms with Crippen molar-refractivity contribution in [3.05, 3.63) is 59.9 Å². The first kappa shape index (κ1) is 17.0. The minimum absolute atomic E-state index is 0.0785. The van der Waals surface area contributed by atoms with Crippen molar-refractivity contribution in [1.82, 2.24) is 14.8 Å². The number of nitrogens with zero attached hydrogens (tertiary/aromatic N) is 3. The maximum absolute atomic E-state index is 13.2. The van der Waals surface area contributed by atoms with Gasteiger partial charge in [0, 0.05) is 12.4 Å². The summed E-state index contributed by atoms with van der Waals surface area (Å²) >= 11 is 0. The lowest BCUT2D eigenvalue weighted by atomic mass is 10.0. The van der Waals surface area contributed by atoms with Gasteiger partial charge in [0.05, 0.1) is 13.1 Å². The van der Waals surface area contributed by atoms with Crippen LogP contribution in [0.2, 0.25) is 0 Å². The highest BCUT2D eigenvalue weighted by molar-refractivity contribution is 5.84. The summed E-state index contributed by atoms with van der Waals surface area (Å²) in [5.41, 5.74) is 2.20. The van der Waals surface area contributed by atoms with E-state index in [0.29, 0.717) is 13.1 Å². The van der Waals surface area contributed by atoms with Gasteiger partial charge >= 0.3 is 0 Å². The Bertz CT molecular complexity index is 736. The van der Waals surface area contributed by atoms with Crippen LogP contribution in [0.1, 0.15) is 30.0 Å². The van der Waals surface area contributed by atoms with Crippen molar-refractivity contribution in [3.63, 3.8) is 0 Å². The van der Waals surface area contributed by atoms with Crippen LogP contribution in [0.3, 0.4) is 0 Å². The van der Waals surface area contributed by atoms with Gasteiger partial charge in [-0.3, -0.25) is 14.7 Å². The molecule has 136 valence electrons. The standard InChI is InChI=1S/C21H25N3O2/c1-16-6-8-18(9-7-16)26-19-14-24(15-19)21(25)20(23-11-2-3-12-23)17-5-4-10-22-13-17/h4-10,13,19-20H,2-3,11-12,14-15H2,1H3/t20-/m0/s1. The Morgan fingerprint density at radius 1 is 1.15 bits per heavy atom. The van der Waals surface area contributed by atoms with Crippen LogP contribution in [0, 0.1) is 6.92 Å². The molecular weight excluding hydrogens is 326 g/mol. The average molecular weight is 351 g/mol. The van der Waals surface area contributed by atoms with E-state index in [0.717, 1.165) is 37.2 Å². The molecule has 0 bridgehead atoms.